The molecular weight excluding hydrogens is 290 g/mol. The van der Waals surface area contributed by atoms with Crippen molar-refractivity contribution in [3.63, 3.8) is 0 Å². The SMILES string of the molecule is Cc1c(C(=O)OC(C)C)sc2ncnc(NCCCO)c12. The number of ether oxygens (including phenoxy) is 1. The molecule has 0 radical (unpaired) electrons. The van der Waals surface area contributed by atoms with E-state index < -0.39 is 0 Å². The molecule has 0 saturated carbocycles. The molecule has 2 heterocycles. The molecule has 0 aliphatic heterocycles. The van der Waals surface area contributed by atoms with Gasteiger partial charge in [0, 0.05) is 13.2 Å². The van der Waals surface area contributed by atoms with E-state index in [-0.39, 0.29) is 18.7 Å². The Hall–Kier alpha value is -1.73. The topological polar surface area (TPSA) is 84.3 Å². The molecule has 7 heteroatoms. The number of aryl methyl sites for hydroxylation is 1. The second kappa shape index (κ2) is 6.82. The van der Waals surface area contributed by atoms with Crippen LogP contribution in [0.4, 0.5) is 5.82 Å². The normalized spacial score (nSPS) is 11.1. The highest BCUT2D eigenvalue weighted by atomic mass is 32.1. The summed E-state index contributed by atoms with van der Waals surface area (Å²) < 4.78 is 5.25. The van der Waals surface area contributed by atoms with Crippen molar-refractivity contribution in [2.75, 3.05) is 18.5 Å². The van der Waals surface area contributed by atoms with Gasteiger partial charge in [0.05, 0.1) is 11.5 Å². The van der Waals surface area contributed by atoms with Crippen LogP contribution in [0.1, 0.15) is 35.5 Å². The fraction of sp³-hybridized carbons (Fsp3) is 0.500. The fourth-order valence-electron chi connectivity index (χ4n) is 1.95. The number of nitrogens with zero attached hydrogens (tertiary/aromatic N) is 2. The molecule has 21 heavy (non-hydrogen) atoms. The lowest BCUT2D eigenvalue weighted by molar-refractivity contribution is 0.0383. The van der Waals surface area contributed by atoms with Crippen LogP contribution < -0.4 is 5.32 Å². The second-order valence-corrected chi connectivity index (χ2v) is 5.92. The van der Waals surface area contributed by atoms with Crippen molar-refractivity contribution in [2.45, 2.75) is 33.3 Å². The molecule has 0 amide bonds. The van der Waals surface area contributed by atoms with Gasteiger partial charge in [-0.1, -0.05) is 0 Å². The van der Waals surface area contributed by atoms with Crippen LogP contribution in [0.25, 0.3) is 10.2 Å². The van der Waals surface area contributed by atoms with Gasteiger partial charge in [-0.15, -0.1) is 11.3 Å². The molecule has 0 fully saturated rings. The van der Waals surface area contributed by atoms with Crippen molar-refractivity contribution in [1.29, 1.82) is 0 Å². The lowest BCUT2D eigenvalue weighted by Gasteiger charge is -2.07. The minimum atomic E-state index is -0.327. The Bertz CT molecular complexity index is 640. The van der Waals surface area contributed by atoms with Crippen molar-refractivity contribution in [2.24, 2.45) is 0 Å². The van der Waals surface area contributed by atoms with Gasteiger partial charge >= 0.3 is 5.97 Å². The van der Waals surface area contributed by atoms with Crippen molar-refractivity contribution in [3.8, 4) is 0 Å². The van der Waals surface area contributed by atoms with Crippen LogP contribution in [0, 0.1) is 6.92 Å². The highest BCUT2D eigenvalue weighted by Gasteiger charge is 2.20. The van der Waals surface area contributed by atoms with E-state index in [1.807, 2.05) is 20.8 Å². The summed E-state index contributed by atoms with van der Waals surface area (Å²) in [5.41, 5.74) is 0.827. The van der Waals surface area contributed by atoms with Crippen LogP contribution in [-0.4, -0.2) is 40.3 Å². The maximum Gasteiger partial charge on any atom is 0.348 e. The third-order valence-corrected chi connectivity index (χ3v) is 4.06. The molecule has 2 N–H and O–H groups in total. The lowest BCUT2D eigenvalue weighted by Crippen LogP contribution is -2.11. The minimum absolute atomic E-state index is 0.121. The van der Waals surface area contributed by atoms with E-state index in [1.54, 1.807) is 0 Å². The third kappa shape index (κ3) is 3.48. The van der Waals surface area contributed by atoms with Gasteiger partial charge in [0.25, 0.3) is 0 Å². The Labute approximate surface area is 127 Å². The molecule has 0 aliphatic rings. The van der Waals surface area contributed by atoms with Crippen molar-refractivity contribution < 1.29 is 14.6 Å². The van der Waals surface area contributed by atoms with Crippen LogP contribution in [0.15, 0.2) is 6.33 Å². The molecule has 2 aromatic rings. The van der Waals surface area contributed by atoms with Crippen LogP contribution in [0.5, 0.6) is 0 Å². The van der Waals surface area contributed by atoms with E-state index in [0.29, 0.717) is 23.7 Å². The van der Waals surface area contributed by atoms with E-state index in [1.165, 1.54) is 17.7 Å². The van der Waals surface area contributed by atoms with Crippen LogP contribution >= 0.6 is 11.3 Å². The summed E-state index contributed by atoms with van der Waals surface area (Å²) in [6, 6.07) is 0. The summed E-state index contributed by atoms with van der Waals surface area (Å²) in [5, 5.41) is 12.9. The molecular formula is C14H19N3O3S. The zero-order valence-corrected chi connectivity index (χ0v) is 13.2. The summed E-state index contributed by atoms with van der Waals surface area (Å²) in [6.45, 7) is 6.25. The average Bonchev–Trinajstić information content (AvgIpc) is 2.77. The number of hydrogen-bond acceptors (Lipinski definition) is 7. The first-order valence-electron chi connectivity index (χ1n) is 6.84. The molecule has 2 rings (SSSR count). The Morgan fingerprint density at radius 3 is 2.90 bits per heavy atom. The molecule has 114 valence electrons. The van der Waals surface area contributed by atoms with Crippen LogP contribution in [0.2, 0.25) is 0 Å². The maximum absolute atomic E-state index is 12.1. The predicted octanol–water partition coefficient (Wildman–Crippen LogP) is 2.36. The quantitative estimate of drug-likeness (QED) is 0.629. The van der Waals surface area contributed by atoms with Gasteiger partial charge in [0.1, 0.15) is 21.9 Å². The third-order valence-electron chi connectivity index (χ3n) is 2.88. The molecule has 2 aromatic heterocycles. The van der Waals surface area contributed by atoms with E-state index in [0.717, 1.165) is 15.8 Å². The average molecular weight is 309 g/mol. The number of esters is 1. The highest BCUT2D eigenvalue weighted by Crippen LogP contribution is 2.33. The highest BCUT2D eigenvalue weighted by molar-refractivity contribution is 7.20. The molecule has 0 bridgehead atoms. The zero-order chi connectivity index (χ0) is 15.4. The second-order valence-electron chi connectivity index (χ2n) is 4.92. The number of hydrogen-bond donors (Lipinski definition) is 2. The first-order chi connectivity index (χ1) is 10.0. The molecule has 6 nitrogen and oxygen atoms in total. The number of carbonyl (C=O) groups is 1. The molecule has 0 aromatic carbocycles. The van der Waals surface area contributed by atoms with Gasteiger partial charge < -0.3 is 15.2 Å². The zero-order valence-electron chi connectivity index (χ0n) is 12.3. The molecule has 0 atom stereocenters. The Morgan fingerprint density at radius 2 is 2.24 bits per heavy atom. The van der Waals surface area contributed by atoms with Crippen LogP contribution in [-0.2, 0) is 4.74 Å². The molecule has 0 spiro atoms. The molecule has 0 saturated heterocycles. The number of thiophene rings is 1. The van der Waals surface area contributed by atoms with Crippen molar-refractivity contribution in [1.82, 2.24) is 9.97 Å². The number of fused-ring (bicyclic) bond motifs is 1. The smallest absolute Gasteiger partial charge is 0.348 e. The number of aromatic nitrogens is 2. The molecule has 0 unspecified atom stereocenters. The Kier molecular flexibility index (Phi) is 5.08. The van der Waals surface area contributed by atoms with E-state index in [4.69, 9.17) is 9.84 Å². The van der Waals surface area contributed by atoms with Gasteiger partial charge in [0.15, 0.2) is 0 Å². The van der Waals surface area contributed by atoms with Crippen molar-refractivity contribution >= 4 is 33.3 Å². The van der Waals surface area contributed by atoms with E-state index in [2.05, 4.69) is 15.3 Å². The summed E-state index contributed by atoms with van der Waals surface area (Å²) in [5.74, 6) is 0.359. The number of carbonyl (C=O) groups excluding carboxylic acids is 1. The predicted molar refractivity (Wildman–Crippen MR) is 82.9 cm³/mol. The van der Waals surface area contributed by atoms with E-state index >= 15 is 0 Å². The van der Waals surface area contributed by atoms with Gasteiger partial charge in [0.2, 0.25) is 0 Å². The van der Waals surface area contributed by atoms with Crippen LogP contribution in [0.3, 0.4) is 0 Å². The number of aliphatic hydroxyl groups excluding tert-OH is 1. The lowest BCUT2D eigenvalue weighted by atomic mass is 10.2. The number of rotatable bonds is 6. The Morgan fingerprint density at radius 1 is 1.48 bits per heavy atom. The monoisotopic (exact) mass is 309 g/mol. The van der Waals surface area contributed by atoms with Crippen molar-refractivity contribution in [3.05, 3.63) is 16.8 Å². The van der Waals surface area contributed by atoms with Gasteiger partial charge in [-0.2, -0.15) is 0 Å². The maximum atomic E-state index is 12.1. The number of nitrogens with one attached hydrogen (secondary N) is 1. The fourth-order valence-corrected chi connectivity index (χ4v) is 2.99. The van der Waals surface area contributed by atoms with E-state index in [9.17, 15) is 4.79 Å². The summed E-state index contributed by atoms with van der Waals surface area (Å²) >= 11 is 1.31. The number of aliphatic hydroxyl groups is 1. The Balaban J connectivity index is 2.36. The summed E-state index contributed by atoms with van der Waals surface area (Å²) in [6.07, 6.45) is 1.95. The molecule has 0 aliphatic carbocycles. The first-order valence-corrected chi connectivity index (χ1v) is 7.66. The summed E-state index contributed by atoms with van der Waals surface area (Å²) in [7, 11) is 0. The minimum Gasteiger partial charge on any atom is -0.459 e. The summed E-state index contributed by atoms with van der Waals surface area (Å²) in [4.78, 5) is 21.9. The van der Waals surface area contributed by atoms with Gasteiger partial charge in [-0.05, 0) is 32.8 Å². The largest absolute Gasteiger partial charge is 0.459 e. The van der Waals surface area contributed by atoms with Gasteiger partial charge in [-0.3, -0.25) is 0 Å². The number of anilines is 1. The van der Waals surface area contributed by atoms with Gasteiger partial charge in [-0.25, -0.2) is 14.8 Å². The standard InChI is InChI=1S/C14H19N3O3S/c1-8(2)20-14(19)11-9(3)10-12(15-5-4-6-18)16-7-17-13(10)21-11/h7-8,18H,4-6H2,1-3H3,(H,15,16,17). The first kappa shape index (κ1) is 15.7.